The zero-order valence-corrected chi connectivity index (χ0v) is 15.5. The largest absolute Gasteiger partial charge is 0.445 e. The molecule has 0 spiro atoms. The Morgan fingerprint density at radius 2 is 1.82 bits per heavy atom. The van der Waals surface area contributed by atoms with Gasteiger partial charge in [-0.1, -0.05) is 42.5 Å². The summed E-state index contributed by atoms with van der Waals surface area (Å²) >= 11 is 0. The summed E-state index contributed by atoms with van der Waals surface area (Å²) < 4.78 is 7.22. The number of oxazole rings is 1. The summed E-state index contributed by atoms with van der Waals surface area (Å²) in [5.74, 6) is 0.748. The number of nitrogens with zero attached hydrogens (tertiary/aromatic N) is 3. The number of carbonyl (C=O) groups is 1. The molecule has 0 unspecified atom stereocenters. The van der Waals surface area contributed by atoms with E-state index in [0.29, 0.717) is 24.6 Å². The topological polar surface area (TPSA) is 60.9 Å². The number of Topliss-reactive ketones (excluding diaryl/α,β-unsaturated/α-hetero) is 1. The summed E-state index contributed by atoms with van der Waals surface area (Å²) in [6, 6.07) is 18.2. The maximum Gasteiger partial charge on any atom is 0.225 e. The Morgan fingerprint density at radius 3 is 2.57 bits per heavy atom. The van der Waals surface area contributed by atoms with Gasteiger partial charge in [0, 0.05) is 18.5 Å². The second-order valence-electron chi connectivity index (χ2n) is 6.70. The molecule has 0 amide bonds. The molecule has 0 fully saturated rings. The van der Waals surface area contributed by atoms with Crippen molar-refractivity contribution in [2.75, 3.05) is 0 Å². The number of benzene rings is 2. The van der Waals surface area contributed by atoms with Gasteiger partial charge in [0.05, 0.1) is 18.7 Å². The number of hydrogen-bond acceptors (Lipinski definition) is 4. The van der Waals surface area contributed by atoms with E-state index in [-0.39, 0.29) is 5.78 Å². The average molecular weight is 371 g/mol. The number of rotatable bonds is 8. The maximum absolute atomic E-state index is 12.6. The lowest BCUT2D eigenvalue weighted by molar-refractivity contribution is 0.0971. The van der Waals surface area contributed by atoms with Crippen molar-refractivity contribution >= 4 is 5.78 Å². The number of carbonyl (C=O) groups excluding carboxylic acids is 1. The summed E-state index contributed by atoms with van der Waals surface area (Å²) in [6.45, 7) is 0.657. The molecule has 4 aromatic rings. The fourth-order valence-electron chi connectivity index (χ4n) is 3.22. The molecule has 2 aromatic heterocycles. The Labute approximate surface area is 163 Å². The summed E-state index contributed by atoms with van der Waals surface area (Å²) in [7, 11) is 0. The molecule has 2 aromatic carbocycles. The van der Waals surface area contributed by atoms with Crippen LogP contribution in [0.4, 0.5) is 0 Å². The van der Waals surface area contributed by atoms with Crippen molar-refractivity contribution in [1.82, 2.24) is 14.5 Å². The summed E-state index contributed by atoms with van der Waals surface area (Å²) in [6.07, 6.45) is 8.74. The lowest BCUT2D eigenvalue weighted by Gasteiger charge is -2.08. The molecule has 0 atom stereocenters. The molecule has 28 heavy (non-hydrogen) atoms. The number of aromatic nitrogens is 3. The van der Waals surface area contributed by atoms with Crippen molar-refractivity contribution in [1.29, 1.82) is 0 Å². The first-order chi connectivity index (χ1) is 13.8. The van der Waals surface area contributed by atoms with Gasteiger partial charge in [-0.15, -0.1) is 0 Å². The molecule has 5 nitrogen and oxygen atoms in total. The first kappa shape index (κ1) is 17.9. The summed E-state index contributed by atoms with van der Waals surface area (Å²) in [5.41, 5.74) is 3.97. The Hall–Kier alpha value is -3.47. The number of imidazole rings is 1. The standard InChI is InChI=1S/C23H21N3O2/c27-22(21-15-24-17-26(21)16-19-5-2-1-3-6-19)8-4-7-18-9-11-20(12-10-18)23-25-13-14-28-23/h1-3,5-6,9-15,17H,4,7-8,16H2. The van der Waals surface area contributed by atoms with Crippen LogP contribution in [-0.2, 0) is 13.0 Å². The third-order valence-corrected chi connectivity index (χ3v) is 4.70. The van der Waals surface area contributed by atoms with E-state index in [0.717, 1.165) is 24.0 Å². The molecule has 0 saturated carbocycles. The highest BCUT2D eigenvalue weighted by Gasteiger charge is 2.12. The molecular weight excluding hydrogens is 350 g/mol. The Kier molecular flexibility index (Phi) is 5.43. The smallest absolute Gasteiger partial charge is 0.225 e. The first-order valence-electron chi connectivity index (χ1n) is 9.35. The van der Waals surface area contributed by atoms with Crippen LogP contribution >= 0.6 is 0 Å². The van der Waals surface area contributed by atoms with Crippen molar-refractivity contribution in [3.8, 4) is 11.5 Å². The van der Waals surface area contributed by atoms with Crippen LogP contribution in [0.3, 0.4) is 0 Å². The van der Waals surface area contributed by atoms with Gasteiger partial charge >= 0.3 is 0 Å². The molecule has 0 aliphatic heterocycles. The van der Waals surface area contributed by atoms with Crippen LogP contribution in [0.25, 0.3) is 11.5 Å². The third-order valence-electron chi connectivity index (χ3n) is 4.70. The van der Waals surface area contributed by atoms with Crippen molar-refractivity contribution in [2.24, 2.45) is 0 Å². The van der Waals surface area contributed by atoms with E-state index in [1.807, 2.05) is 34.9 Å². The van der Waals surface area contributed by atoms with Crippen LogP contribution in [0.5, 0.6) is 0 Å². The van der Waals surface area contributed by atoms with Crippen molar-refractivity contribution in [3.05, 3.63) is 96.4 Å². The monoisotopic (exact) mass is 371 g/mol. The zero-order valence-electron chi connectivity index (χ0n) is 15.5. The molecule has 0 aliphatic carbocycles. The summed E-state index contributed by atoms with van der Waals surface area (Å²) in [4.78, 5) is 21.0. The fraction of sp³-hybridized carbons (Fsp3) is 0.174. The van der Waals surface area contributed by atoms with Gasteiger partial charge in [0.15, 0.2) is 5.78 Å². The Bertz CT molecular complexity index is 1020. The van der Waals surface area contributed by atoms with Crippen molar-refractivity contribution < 1.29 is 9.21 Å². The number of aryl methyl sites for hydroxylation is 1. The lowest BCUT2D eigenvalue weighted by Crippen LogP contribution is -2.09. The van der Waals surface area contributed by atoms with E-state index in [9.17, 15) is 4.79 Å². The van der Waals surface area contributed by atoms with Gasteiger partial charge in [0.2, 0.25) is 5.89 Å². The molecule has 0 bridgehead atoms. The van der Waals surface area contributed by atoms with E-state index >= 15 is 0 Å². The number of hydrogen-bond donors (Lipinski definition) is 0. The lowest BCUT2D eigenvalue weighted by atomic mass is 10.0. The van der Waals surface area contributed by atoms with E-state index in [1.165, 1.54) is 5.56 Å². The zero-order chi connectivity index (χ0) is 19.2. The van der Waals surface area contributed by atoms with Crippen LogP contribution < -0.4 is 0 Å². The van der Waals surface area contributed by atoms with Gasteiger partial charge in [-0.3, -0.25) is 4.79 Å². The van der Waals surface area contributed by atoms with Gasteiger partial charge in [0.1, 0.15) is 12.0 Å². The third kappa shape index (κ3) is 4.26. The average Bonchev–Trinajstić information content (AvgIpc) is 3.41. The number of ketones is 1. The Morgan fingerprint density at radius 1 is 1.00 bits per heavy atom. The predicted octanol–water partition coefficient (Wildman–Crippen LogP) is 4.79. The molecular formula is C23H21N3O2. The van der Waals surface area contributed by atoms with Gasteiger partial charge in [-0.05, 0) is 36.1 Å². The van der Waals surface area contributed by atoms with Crippen LogP contribution in [0.15, 0.2) is 84.0 Å². The SMILES string of the molecule is O=C(CCCc1ccc(-c2ncco2)cc1)c1cncn1Cc1ccccc1. The molecule has 0 N–H and O–H groups in total. The minimum Gasteiger partial charge on any atom is -0.445 e. The molecule has 4 rings (SSSR count). The van der Waals surface area contributed by atoms with Gasteiger partial charge < -0.3 is 8.98 Å². The highest BCUT2D eigenvalue weighted by atomic mass is 16.3. The first-order valence-corrected chi connectivity index (χ1v) is 9.35. The van der Waals surface area contributed by atoms with Gasteiger partial charge in [0.25, 0.3) is 0 Å². The molecule has 5 heteroatoms. The highest BCUT2D eigenvalue weighted by Crippen LogP contribution is 2.18. The van der Waals surface area contributed by atoms with Gasteiger partial charge in [-0.25, -0.2) is 9.97 Å². The Balaban J connectivity index is 1.32. The quantitative estimate of drug-likeness (QED) is 0.418. The normalized spacial score (nSPS) is 10.9. The fourth-order valence-corrected chi connectivity index (χ4v) is 3.22. The highest BCUT2D eigenvalue weighted by molar-refractivity contribution is 5.94. The van der Waals surface area contributed by atoms with Crippen molar-refractivity contribution in [3.63, 3.8) is 0 Å². The molecule has 2 heterocycles. The van der Waals surface area contributed by atoms with Gasteiger partial charge in [-0.2, -0.15) is 0 Å². The second-order valence-corrected chi connectivity index (χ2v) is 6.70. The minimum atomic E-state index is 0.129. The predicted molar refractivity (Wildman–Crippen MR) is 107 cm³/mol. The van der Waals surface area contributed by atoms with Crippen molar-refractivity contribution in [2.45, 2.75) is 25.8 Å². The van der Waals surface area contributed by atoms with E-state index in [1.54, 1.807) is 25.0 Å². The molecule has 0 saturated heterocycles. The summed E-state index contributed by atoms with van der Waals surface area (Å²) in [5, 5.41) is 0. The van der Waals surface area contributed by atoms with Crippen LogP contribution in [0.2, 0.25) is 0 Å². The van der Waals surface area contributed by atoms with E-state index in [4.69, 9.17) is 4.42 Å². The van der Waals surface area contributed by atoms with Crippen LogP contribution in [-0.4, -0.2) is 20.3 Å². The molecule has 0 radical (unpaired) electrons. The minimum absolute atomic E-state index is 0.129. The molecule has 140 valence electrons. The van der Waals surface area contributed by atoms with E-state index < -0.39 is 0 Å². The van der Waals surface area contributed by atoms with Crippen LogP contribution in [0, 0.1) is 0 Å². The maximum atomic E-state index is 12.6. The second kappa shape index (κ2) is 8.48. The molecule has 0 aliphatic rings. The van der Waals surface area contributed by atoms with Crippen LogP contribution in [0.1, 0.15) is 34.5 Å². The van der Waals surface area contributed by atoms with E-state index in [2.05, 4.69) is 34.2 Å².